The van der Waals surface area contributed by atoms with Crippen LogP contribution in [0.15, 0.2) is 0 Å². The Balaban J connectivity index is 0.00000161. The number of hydrogen-bond donors (Lipinski definition) is 0. The van der Waals surface area contributed by atoms with Crippen LogP contribution in [0.4, 0.5) is 0 Å². The van der Waals surface area contributed by atoms with E-state index in [2.05, 4.69) is 68.5 Å². The normalized spacial score (nSPS) is 31.8. The van der Waals surface area contributed by atoms with E-state index in [0.29, 0.717) is 12.1 Å². The van der Waals surface area contributed by atoms with Crippen LogP contribution in [0, 0.1) is 47.3 Å². The van der Waals surface area contributed by atoms with Gasteiger partial charge in [0.05, 0.1) is 0 Å². The first-order chi connectivity index (χ1) is 14.9. The van der Waals surface area contributed by atoms with E-state index in [-0.39, 0.29) is 0 Å². The molecule has 32 heavy (non-hydrogen) atoms. The van der Waals surface area contributed by atoms with Crippen LogP contribution in [0.2, 0.25) is 13.1 Å². The summed E-state index contributed by atoms with van der Waals surface area (Å²) in [6.45, 7) is 24.3. The van der Waals surface area contributed by atoms with Crippen LogP contribution < -0.4 is 0 Å². The summed E-state index contributed by atoms with van der Waals surface area (Å²) in [5.74, 6) is 5.96. The molecule has 4 unspecified atom stereocenters. The minimum absolute atomic E-state index is 0.535. The molecule has 190 valence electrons. The molecule has 2 nitrogen and oxygen atoms in total. The predicted molar refractivity (Wildman–Crippen MR) is 144 cm³/mol. The van der Waals surface area contributed by atoms with Crippen molar-refractivity contribution in [2.45, 2.75) is 119 Å². The molecule has 0 spiro atoms. The molecule has 0 aromatic heterocycles. The Morgan fingerprint density at radius 1 is 0.594 bits per heavy atom. The Kier molecular flexibility index (Phi) is 14.6. The molecular weight excluding hydrogens is 487 g/mol. The maximum absolute atomic E-state index is 5.73. The molecule has 2 aliphatic rings. The van der Waals surface area contributed by atoms with Gasteiger partial charge in [0.15, 0.2) is 0 Å². The van der Waals surface area contributed by atoms with Crippen molar-refractivity contribution in [2.24, 2.45) is 47.3 Å². The average Bonchev–Trinajstić information content (AvgIpc) is 2.67. The molecule has 0 aromatic rings. The summed E-state index contributed by atoms with van der Waals surface area (Å²) >= 11 is -0.556. The van der Waals surface area contributed by atoms with E-state index in [1.54, 1.807) is 0 Å². The minimum atomic E-state index is -1.98. The van der Waals surface area contributed by atoms with Gasteiger partial charge in [0, 0.05) is 0 Å². The van der Waals surface area contributed by atoms with Crippen molar-refractivity contribution in [3.8, 4) is 0 Å². The molecule has 6 heteroatoms. The van der Waals surface area contributed by atoms with Gasteiger partial charge in [-0.3, -0.25) is 0 Å². The number of hydrogen-bond acceptors (Lipinski definition) is 0. The molecule has 0 amide bonds. The van der Waals surface area contributed by atoms with Gasteiger partial charge in [-0.05, 0) is 23.7 Å². The Bertz CT molecular complexity index is 442. The summed E-state index contributed by atoms with van der Waals surface area (Å²) in [7, 11) is 7.80. The number of nitrogens with zero attached hydrogens (tertiary/aromatic N) is 2. The zero-order chi connectivity index (χ0) is 24.6. The second-order valence-corrected chi connectivity index (χ2v) is 18.4. The zero-order valence-electron chi connectivity index (χ0n) is 22.7. The first-order valence-corrected chi connectivity index (χ1v) is 20.5. The molecule has 2 fully saturated rings. The van der Waals surface area contributed by atoms with Gasteiger partial charge in [-0.1, -0.05) is 118 Å². The molecule has 2 aliphatic carbocycles. The van der Waals surface area contributed by atoms with Crippen LogP contribution in [0.3, 0.4) is 0 Å². The molecular formula is C26H52Cl2N2SiTi-2. The van der Waals surface area contributed by atoms with E-state index in [4.69, 9.17) is 28.6 Å². The van der Waals surface area contributed by atoms with E-state index >= 15 is 0 Å². The van der Waals surface area contributed by atoms with Crippen molar-refractivity contribution in [1.29, 1.82) is 0 Å². The Labute approximate surface area is 219 Å². The van der Waals surface area contributed by atoms with Crippen molar-refractivity contribution in [1.82, 2.24) is 0 Å². The average molecular weight is 540 g/mol. The van der Waals surface area contributed by atoms with Crippen molar-refractivity contribution in [3.05, 3.63) is 9.96 Å². The second-order valence-electron chi connectivity index (χ2n) is 12.3. The van der Waals surface area contributed by atoms with Crippen LogP contribution in [-0.2, 0) is 17.0 Å². The van der Waals surface area contributed by atoms with E-state index in [9.17, 15) is 0 Å². The summed E-state index contributed by atoms with van der Waals surface area (Å²) in [6.07, 6.45) is 8.26. The fourth-order valence-electron chi connectivity index (χ4n) is 6.55. The van der Waals surface area contributed by atoms with Gasteiger partial charge in [-0.25, -0.2) is 0 Å². The number of rotatable bonds is 8. The molecule has 2 rings (SSSR count). The van der Waals surface area contributed by atoms with E-state index in [1.807, 2.05) is 0 Å². The van der Waals surface area contributed by atoms with Gasteiger partial charge in [-0.15, -0.1) is 25.2 Å². The first kappa shape index (κ1) is 31.5. The fraction of sp³-hybridized carbons (Fsp3) is 1.00. The summed E-state index contributed by atoms with van der Waals surface area (Å²) in [5, 5.41) is 0. The van der Waals surface area contributed by atoms with Crippen LogP contribution in [-0.4, -0.2) is 20.5 Å². The summed E-state index contributed by atoms with van der Waals surface area (Å²) < 4.78 is 0. The summed E-state index contributed by atoms with van der Waals surface area (Å²) in [5.41, 5.74) is 0. The van der Waals surface area contributed by atoms with Crippen LogP contribution in [0.1, 0.15) is 93.9 Å². The van der Waals surface area contributed by atoms with Crippen LogP contribution >= 0.6 is 18.6 Å². The molecule has 0 heterocycles. The van der Waals surface area contributed by atoms with Gasteiger partial charge in [0.1, 0.15) is 0 Å². The second kappa shape index (κ2) is 14.9. The fourth-order valence-corrected chi connectivity index (χ4v) is 8.85. The Morgan fingerprint density at radius 3 is 1.00 bits per heavy atom. The summed E-state index contributed by atoms with van der Waals surface area (Å²) in [6, 6.07) is 1.07. The summed E-state index contributed by atoms with van der Waals surface area (Å²) in [4.78, 5) is 11.5. The molecule has 2 saturated carbocycles. The third kappa shape index (κ3) is 9.47. The SMILES string of the molecule is CC(C)C1CCCC(C(C)C)C1[N-][Si](C)(C)[N-]C1C(C(C)C)CCCC1C(C)C.[Cl][Ti][Cl]. The standard InChI is InChI=1S/C26H52N2Si.2ClH.Ti/c1-17(2)21-13-11-14-22(18(3)4)25(21)27-29(9,10)28-26-23(19(5)6)15-12-16-24(26)20(7)8;;;/h17-26H,11-16H2,1-10H3;2*1H;/q-2;;;+2/p-2. The molecule has 0 aliphatic heterocycles. The van der Waals surface area contributed by atoms with Gasteiger partial charge in [0.25, 0.3) is 0 Å². The molecule has 4 atom stereocenters. The zero-order valence-corrected chi connectivity index (χ0v) is 26.7. The molecule has 0 bridgehead atoms. The Hall–Kier alpha value is 1.43. The number of halogens is 2. The molecule has 0 radical (unpaired) electrons. The van der Waals surface area contributed by atoms with Crippen molar-refractivity contribution in [2.75, 3.05) is 0 Å². The monoisotopic (exact) mass is 538 g/mol. The van der Waals surface area contributed by atoms with E-state index in [0.717, 1.165) is 47.3 Å². The Morgan fingerprint density at radius 2 is 0.812 bits per heavy atom. The van der Waals surface area contributed by atoms with E-state index < -0.39 is 25.4 Å². The van der Waals surface area contributed by atoms with E-state index in [1.165, 1.54) is 38.5 Å². The first-order valence-electron chi connectivity index (χ1n) is 13.3. The molecule has 0 aromatic carbocycles. The third-order valence-corrected chi connectivity index (χ3v) is 10.1. The predicted octanol–water partition coefficient (Wildman–Crippen LogP) is 10.0. The third-order valence-electron chi connectivity index (χ3n) is 8.26. The van der Waals surface area contributed by atoms with Crippen LogP contribution in [0.25, 0.3) is 9.96 Å². The van der Waals surface area contributed by atoms with Gasteiger partial charge < -0.3 is 9.96 Å². The van der Waals surface area contributed by atoms with Gasteiger partial charge in [-0.2, -0.15) is 8.40 Å². The van der Waals surface area contributed by atoms with Crippen molar-refractivity contribution >= 4 is 27.0 Å². The topological polar surface area (TPSA) is 28.2 Å². The maximum atomic E-state index is 5.73. The quantitative estimate of drug-likeness (QED) is 0.275. The molecule has 0 N–H and O–H groups in total. The molecule has 0 saturated heterocycles. The van der Waals surface area contributed by atoms with Crippen LogP contribution in [0.5, 0.6) is 0 Å². The van der Waals surface area contributed by atoms with Crippen molar-refractivity contribution < 1.29 is 17.0 Å². The van der Waals surface area contributed by atoms with Gasteiger partial charge >= 0.3 is 35.6 Å². The van der Waals surface area contributed by atoms with Crippen molar-refractivity contribution in [3.63, 3.8) is 0 Å². The van der Waals surface area contributed by atoms with Gasteiger partial charge in [0.2, 0.25) is 0 Å².